The Balaban J connectivity index is 2.11. The molecule has 2 N–H and O–H groups in total. The summed E-state index contributed by atoms with van der Waals surface area (Å²) in [6, 6.07) is 0.301. The lowest BCUT2D eigenvalue weighted by atomic mass is 9.96. The fourth-order valence-electron chi connectivity index (χ4n) is 2.93. The molecule has 0 spiro atoms. The molecule has 1 fully saturated rings. The predicted octanol–water partition coefficient (Wildman–Crippen LogP) is 2.00. The molecule has 0 radical (unpaired) electrons. The van der Waals surface area contributed by atoms with Crippen molar-refractivity contribution < 1.29 is 4.79 Å². The molecule has 1 saturated heterocycles. The van der Waals surface area contributed by atoms with Crippen molar-refractivity contribution in [3.05, 3.63) is 0 Å². The highest BCUT2D eigenvalue weighted by Gasteiger charge is 2.17. The molecule has 0 aliphatic carbocycles. The van der Waals surface area contributed by atoms with Gasteiger partial charge in [0, 0.05) is 12.5 Å². The summed E-state index contributed by atoms with van der Waals surface area (Å²) in [5, 5.41) is 6.52. The molecule has 118 valence electrons. The van der Waals surface area contributed by atoms with Gasteiger partial charge in [0.2, 0.25) is 5.91 Å². The third-order valence-corrected chi connectivity index (χ3v) is 4.29. The van der Waals surface area contributed by atoms with E-state index in [1.54, 1.807) is 0 Å². The van der Waals surface area contributed by atoms with Gasteiger partial charge in [-0.05, 0) is 71.2 Å². The van der Waals surface area contributed by atoms with E-state index >= 15 is 0 Å². The summed E-state index contributed by atoms with van der Waals surface area (Å²) in [6.45, 7) is 12.0. The maximum atomic E-state index is 12.0. The molecular weight excluding hydrogens is 250 g/mol. The highest BCUT2D eigenvalue weighted by Crippen LogP contribution is 2.13. The van der Waals surface area contributed by atoms with E-state index in [4.69, 9.17) is 0 Å². The van der Waals surface area contributed by atoms with Crippen LogP contribution >= 0.6 is 0 Å². The van der Waals surface area contributed by atoms with E-state index in [2.05, 4.69) is 36.3 Å². The zero-order valence-corrected chi connectivity index (χ0v) is 13.6. The third-order valence-electron chi connectivity index (χ3n) is 4.29. The van der Waals surface area contributed by atoms with Crippen LogP contribution in [0.25, 0.3) is 0 Å². The molecule has 1 aliphatic rings. The Morgan fingerprint density at radius 1 is 1.40 bits per heavy atom. The van der Waals surface area contributed by atoms with E-state index in [1.807, 2.05) is 0 Å². The van der Waals surface area contributed by atoms with Crippen molar-refractivity contribution in [3.8, 4) is 0 Å². The second-order valence-electron chi connectivity index (χ2n) is 6.05. The van der Waals surface area contributed by atoms with Crippen LogP contribution in [0.15, 0.2) is 0 Å². The first-order chi connectivity index (χ1) is 9.65. The largest absolute Gasteiger partial charge is 0.354 e. The Bertz CT molecular complexity index is 260. The molecule has 20 heavy (non-hydrogen) atoms. The van der Waals surface area contributed by atoms with Gasteiger partial charge in [0.05, 0.1) is 0 Å². The van der Waals surface area contributed by atoms with Crippen LogP contribution in [0, 0.1) is 5.92 Å². The van der Waals surface area contributed by atoms with Crippen LogP contribution in [0.4, 0.5) is 0 Å². The molecule has 0 saturated carbocycles. The summed E-state index contributed by atoms with van der Waals surface area (Å²) in [5.41, 5.74) is 0. The van der Waals surface area contributed by atoms with Crippen molar-refractivity contribution >= 4 is 5.91 Å². The number of amides is 1. The van der Waals surface area contributed by atoms with E-state index < -0.39 is 0 Å². The molecule has 4 nitrogen and oxygen atoms in total. The third kappa shape index (κ3) is 7.25. The molecule has 0 aromatic carbocycles. The quantitative estimate of drug-likeness (QED) is 0.680. The average molecular weight is 283 g/mol. The SMILES string of the molecule is CCN(CC)CCCC(C)NC(=O)CC1CCCNC1. The normalized spacial score (nSPS) is 20.9. The Morgan fingerprint density at radius 2 is 2.15 bits per heavy atom. The summed E-state index contributed by atoms with van der Waals surface area (Å²) in [4.78, 5) is 14.4. The van der Waals surface area contributed by atoms with Gasteiger partial charge in [-0.25, -0.2) is 0 Å². The lowest BCUT2D eigenvalue weighted by Crippen LogP contribution is -2.37. The summed E-state index contributed by atoms with van der Waals surface area (Å²) in [7, 11) is 0. The standard InChI is InChI=1S/C16H33N3O/c1-4-19(5-2)11-7-8-14(3)18-16(20)12-15-9-6-10-17-13-15/h14-15,17H,4-13H2,1-3H3,(H,18,20). The highest BCUT2D eigenvalue weighted by molar-refractivity contribution is 5.76. The van der Waals surface area contributed by atoms with Crippen molar-refractivity contribution in [3.63, 3.8) is 0 Å². The zero-order valence-electron chi connectivity index (χ0n) is 13.6. The van der Waals surface area contributed by atoms with Gasteiger partial charge < -0.3 is 15.5 Å². The molecule has 2 atom stereocenters. The molecule has 1 aliphatic heterocycles. The summed E-state index contributed by atoms with van der Waals surface area (Å²) in [5.74, 6) is 0.765. The number of rotatable bonds is 9. The summed E-state index contributed by atoms with van der Waals surface area (Å²) in [6.07, 6.45) is 5.32. The Labute approximate surface area is 124 Å². The van der Waals surface area contributed by atoms with E-state index in [0.717, 1.165) is 45.6 Å². The van der Waals surface area contributed by atoms with Crippen LogP contribution in [-0.4, -0.2) is 49.6 Å². The van der Waals surface area contributed by atoms with Crippen molar-refractivity contribution in [2.75, 3.05) is 32.7 Å². The first-order valence-corrected chi connectivity index (χ1v) is 8.38. The minimum absolute atomic E-state index is 0.231. The van der Waals surface area contributed by atoms with Crippen molar-refractivity contribution in [1.82, 2.24) is 15.5 Å². The van der Waals surface area contributed by atoms with E-state index in [1.165, 1.54) is 12.8 Å². The minimum atomic E-state index is 0.231. The second kappa shape index (κ2) is 10.2. The van der Waals surface area contributed by atoms with Crippen molar-refractivity contribution in [2.24, 2.45) is 5.92 Å². The molecule has 0 aromatic rings. The highest BCUT2D eigenvalue weighted by atomic mass is 16.1. The zero-order chi connectivity index (χ0) is 14.8. The van der Waals surface area contributed by atoms with Gasteiger partial charge in [-0.15, -0.1) is 0 Å². The Hall–Kier alpha value is -0.610. The topological polar surface area (TPSA) is 44.4 Å². The summed E-state index contributed by atoms with van der Waals surface area (Å²) < 4.78 is 0. The lowest BCUT2D eigenvalue weighted by molar-refractivity contribution is -0.122. The molecule has 1 heterocycles. The number of hydrogen-bond donors (Lipinski definition) is 2. The number of carbonyl (C=O) groups excluding carboxylic acids is 1. The van der Waals surface area contributed by atoms with Crippen LogP contribution in [0.3, 0.4) is 0 Å². The predicted molar refractivity (Wildman–Crippen MR) is 84.8 cm³/mol. The van der Waals surface area contributed by atoms with Gasteiger partial charge in [0.1, 0.15) is 0 Å². The number of piperidine rings is 1. The van der Waals surface area contributed by atoms with Crippen LogP contribution in [0.5, 0.6) is 0 Å². The van der Waals surface area contributed by atoms with Crippen LogP contribution in [0.1, 0.15) is 52.9 Å². The van der Waals surface area contributed by atoms with E-state index in [0.29, 0.717) is 18.4 Å². The van der Waals surface area contributed by atoms with Crippen LogP contribution in [-0.2, 0) is 4.79 Å². The maximum Gasteiger partial charge on any atom is 0.220 e. The molecule has 2 unspecified atom stereocenters. The molecule has 1 amide bonds. The number of hydrogen-bond acceptors (Lipinski definition) is 3. The number of carbonyl (C=O) groups is 1. The monoisotopic (exact) mass is 283 g/mol. The number of nitrogens with zero attached hydrogens (tertiary/aromatic N) is 1. The molecule has 0 aromatic heterocycles. The minimum Gasteiger partial charge on any atom is -0.354 e. The van der Waals surface area contributed by atoms with Crippen LogP contribution in [0.2, 0.25) is 0 Å². The van der Waals surface area contributed by atoms with E-state index in [9.17, 15) is 4.79 Å². The number of nitrogens with one attached hydrogen (secondary N) is 2. The fraction of sp³-hybridized carbons (Fsp3) is 0.938. The smallest absolute Gasteiger partial charge is 0.220 e. The van der Waals surface area contributed by atoms with Gasteiger partial charge in [-0.2, -0.15) is 0 Å². The van der Waals surface area contributed by atoms with Gasteiger partial charge in [0.15, 0.2) is 0 Å². The second-order valence-corrected chi connectivity index (χ2v) is 6.05. The fourth-order valence-corrected chi connectivity index (χ4v) is 2.93. The first kappa shape index (κ1) is 17.4. The Kier molecular flexibility index (Phi) is 8.86. The maximum absolute atomic E-state index is 12.0. The lowest BCUT2D eigenvalue weighted by Gasteiger charge is -2.23. The Morgan fingerprint density at radius 3 is 2.75 bits per heavy atom. The summed E-state index contributed by atoms with van der Waals surface area (Å²) >= 11 is 0. The van der Waals surface area contributed by atoms with Gasteiger partial charge in [-0.1, -0.05) is 13.8 Å². The molecule has 1 rings (SSSR count). The van der Waals surface area contributed by atoms with E-state index in [-0.39, 0.29) is 5.91 Å². The molecule has 4 heteroatoms. The first-order valence-electron chi connectivity index (χ1n) is 8.38. The van der Waals surface area contributed by atoms with Crippen LogP contribution < -0.4 is 10.6 Å². The average Bonchev–Trinajstić information content (AvgIpc) is 2.44. The van der Waals surface area contributed by atoms with Crippen molar-refractivity contribution in [1.29, 1.82) is 0 Å². The molecular formula is C16H33N3O. The van der Waals surface area contributed by atoms with Crippen molar-refractivity contribution in [2.45, 2.75) is 58.9 Å². The van der Waals surface area contributed by atoms with Gasteiger partial charge in [0.25, 0.3) is 0 Å². The van der Waals surface area contributed by atoms with Gasteiger partial charge in [-0.3, -0.25) is 4.79 Å². The molecule has 0 bridgehead atoms. The van der Waals surface area contributed by atoms with Gasteiger partial charge >= 0.3 is 0 Å².